The summed E-state index contributed by atoms with van der Waals surface area (Å²) in [5.74, 6) is 0.748. The van der Waals surface area contributed by atoms with Gasteiger partial charge in [-0.3, -0.25) is 9.36 Å². The summed E-state index contributed by atoms with van der Waals surface area (Å²) in [6, 6.07) is 23.1. The molecule has 0 atom stereocenters. The van der Waals surface area contributed by atoms with Crippen LogP contribution in [0.5, 0.6) is 5.75 Å². The molecule has 0 saturated heterocycles. The van der Waals surface area contributed by atoms with Crippen LogP contribution in [-0.4, -0.2) is 16.7 Å². The Bertz CT molecular complexity index is 1080. The highest BCUT2D eigenvalue weighted by Gasteiger charge is 2.07. The quantitative estimate of drug-likeness (QED) is 0.569. The second kappa shape index (κ2) is 6.24. The molecule has 0 unspecified atom stereocenters. The van der Waals surface area contributed by atoms with E-state index in [1.54, 1.807) is 18.0 Å². The number of methoxy groups -OCH3 is 1. The average molecular weight is 328 g/mol. The number of aromatic nitrogens is 2. The molecule has 0 bridgehead atoms. The Balaban J connectivity index is 1.82. The molecule has 0 spiro atoms. The number of hydrogen-bond donors (Lipinski definition) is 0. The lowest BCUT2D eigenvalue weighted by atomic mass is 10.0. The lowest BCUT2D eigenvalue weighted by Crippen LogP contribution is -2.18. The maximum atomic E-state index is 12.8. The Morgan fingerprint density at radius 3 is 2.36 bits per heavy atom. The third-order valence-corrected chi connectivity index (χ3v) is 4.22. The largest absolute Gasteiger partial charge is 0.497 e. The molecule has 4 aromatic rings. The molecule has 0 aliphatic carbocycles. The van der Waals surface area contributed by atoms with Crippen LogP contribution < -0.4 is 10.3 Å². The van der Waals surface area contributed by atoms with Gasteiger partial charge in [0.1, 0.15) is 12.1 Å². The minimum atomic E-state index is -0.0882. The third kappa shape index (κ3) is 2.78. The molecule has 1 heterocycles. The summed E-state index contributed by atoms with van der Waals surface area (Å²) in [6.45, 7) is 0. The zero-order valence-corrected chi connectivity index (χ0v) is 13.7. The standard InChI is InChI=1S/C21H16N2O2/c1-25-18-10-8-17(9-11-18)23-14-22-20-13-16(7-12-19(20)21(23)24)15-5-3-2-4-6-15/h2-14H,1H3. The number of rotatable bonds is 3. The fourth-order valence-electron chi connectivity index (χ4n) is 2.86. The Labute approximate surface area is 145 Å². The zero-order chi connectivity index (χ0) is 17.2. The predicted molar refractivity (Wildman–Crippen MR) is 99.3 cm³/mol. The van der Waals surface area contributed by atoms with Crippen molar-refractivity contribution in [1.29, 1.82) is 0 Å². The molecule has 25 heavy (non-hydrogen) atoms. The SMILES string of the molecule is COc1ccc(-n2cnc3cc(-c4ccccc4)ccc3c2=O)cc1. The second-order valence-electron chi connectivity index (χ2n) is 5.72. The van der Waals surface area contributed by atoms with Crippen molar-refractivity contribution in [3.63, 3.8) is 0 Å². The number of benzene rings is 3. The monoisotopic (exact) mass is 328 g/mol. The molecule has 0 N–H and O–H groups in total. The molecule has 0 amide bonds. The van der Waals surface area contributed by atoms with E-state index < -0.39 is 0 Å². The van der Waals surface area contributed by atoms with Crippen molar-refractivity contribution in [3.8, 4) is 22.6 Å². The summed E-state index contributed by atoms with van der Waals surface area (Å²) >= 11 is 0. The summed E-state index contributed by atoms with van der Waals surface area (Å²) in [5, 5.41) is 0.595. The van der Waals surface area contributed by atoms with Crippen molar-refractivity contribution in [2.75, 3.05) is 7.11 Å². The van der Waals surface area contributed by atoms with Crippen molar-refractivity contribution in [2.24, 2.45) is 0 Å². The summed E-state index contributed by atoms with van der Waals surface area (Å²) in [5.41, 5.74) is 3.51. The van der Waals surface area contributed by atoms with E-state index in [1.807, 2.05) is 72.8 Å². The minimum absolute atomic E-state index is 0.0882. The van der Waals surface area contributed by atoms with Gasteiger partial charge in [0, 0.05) is 0 Å². The van der Waals surface area contributed by atoms with Gasteiger partial charge in [-0.25, -0.2) is 4.98 Å². The molecule has 3 aromatic carbocycles. The third-order valence-electron chi connectivity index (χ3n) is 4.22. The van der Waals surface area contributed by atoms with Gasteiger partial charge in [-0.1, -0.05) is 36.4 Å². The first kappa shape index (κ1) is 15.1. The van der Waals surface area contributed by atoms with Crippen LogP contribution in [0.4, 0.5) is 0 Å². The topological polar surface area (TPSA) is 44.1 Å². The summed E-state index contributed by atoms with van der Waals surface area (Å²) in [7, 11) is 1.61. The Morgan fingerprint density at radius 1 is 0.880 bits per heavy atom. The first-order valence-corrected chi connectivity index (χ1v) is 7.97. The maximum Gasteiger partial charge on any atom is 0.265 e. The molecule has 122 valence electrons. The molecule has 0 aliphatic heterocycles. The van der Waals surface area contributed by atoms with E-state index in [0.717, 1.165) is 22.6 Å². The van der Waals surface area contributed by atoms with Crippen LogP contribution in [0.3, 0.4) is 0 Å². The summed E-state index contributed by atoms with van der Waals surface area (Å²) < 4.78 is 6.70. The van der Waals surface area contributed by atoms with Crippen molar-refractivity contribution in [1.82, 2.24) is 9.55 Å². The van der Waals surface area contributed by atoms with Crippen LogP contribution in [0.15, 0.2) is 83.9 Å². The molecular formula is C21H16N2O2. The molecule has 0 saturated carbocycles. The predicted octanol–water partition coefficient (Wildman–Crippen LogP) is 4.06. The van der Waals surface area contributed by atoms with E-state index >= 15 is 0 Å². The maximum absolute atomic E-state index is 12.8. The summed E-state index contributed by atoms with van der Waals surface area (Å²) in [6.07, 6.45) is 1.57. The molecule has 4 rings (SSSR count). The fraction of sp³-hybridized carbons (Fsp3) is 0.0476. The Morgan fingerprint density at radius 2 is 1.64 bits per heavy atom. The van der Waals surface area contributed by atoms with Crippen molar-refractivity contribution in [3.05, 3.63) is 89.5 Å². The van der Waals surface area contributed by atoms with E-state index in [0.29, 0.717) is 10.9 Å². The first-order chi connectivity index (χ1) is 12.3. The molecule has 1 aromatic heterocycles. The smallest absolute Gasteiger partial charge is 0.265 e. The average Bonchev–Trinajstić information content (AvgIpc) is 2.69. The van der Waals surface area contributed by atoms with Crippen LogP contribution in [0.1, 0.15) is 0 Å². The van der Waals surface area contributed by atoms with E-state index in [4.69, 9.17) is 4.74 Å². The van der Waals surface area contributed by atoms with Gasteiger partial charge in [-0.05, 0) is 47.5 Å². The Hall–Kier alpha value is -3.40. The zero-order valence-electron chi connectivity index (χ0n) is 13.7. The molecular weight excluding hydrogens is 312 g/mol. The molecule has 0 aliphatic rings. The van der Waals surface area contributed by atoms with Crippen LogP contribution in [0.2, 0.25) is 0 Å². The van der Waals surface area contributed by atoms with Gasteiger partial charge in [-0.2, -0.15) is 0 Å². The van der Waals surface area contributed by atoms with E-state index in [1.165, 1.54) is 0 Å². The van der Waals surface area contributed by atoms with Crippen LogP contribution in [0.25, 0.3) is 27.7 Å². The van der Waals surface area contributed by atoms with E-state index in [2.05, 4.69) is 4.98 Å². The van der Waals surface area contributed by atoms with Gasteiger partial charge in [0.15, 0.2) is 0 Å². The number of nitrogens with zero attached hydrogens (tertiary/aromatic N) is 2. The van der Waals surface area contributed by atoms with Crippen molar-refractivity contribution >= 4 is 10.9 Å². The lowest BCUT2D eigenvalue weighted by Gasteiger charge is -2.08. The highest BCUT2D eigenvalue weighted by molar-refractivity contribution is 5.83. The van der Waals surface area contributed by atoms with Gasteiger partial charge in [0.05, 0.1) is 23.7 Å². The number of ether oxygens (including phenoxy) is 1. The summed E-state index contributed by atoms with van der Waals surface area (Å²) in [4.78, 5) is 17.3. The Kier molecular flexibility index (Phi) is 3.78. The number of hydrogen-bond acceptors (Lipinski definition) is 3. The van der Waals surface area contributed by atoms with Gasteiger partial charge < -0.3 is 4.74 Å². The fourth-order valence-corrected chi connectivity index (χ4v) is 2.86. The number of fused-ring (bicyclic) bond motifs is 1. The van der Waals surface area contributed by atoms with Crippen LogP contribution in [-0.2, 0) is 0 Å². The van der Waals surface area contributed by atoms with Gasteiger partial charge in [-0.15, -0.1) is 0 Å². The molecule has 0 fully saturated rings. The van der Waals surface area contributed by atoms with Crippen LogP contribution in [0, 0.1) is 0 Å². The second-order valence-corrected chi connectivity index (χ2v) is 5.72. The normalized spacial score (nSPS) is 10.8. The van der Waals surface area contributed by atoms with Crippen LogP contribution >= 0.6 is 0 Å². The molecule has 0 radical (unpaired) electrons. The van der Waals surface area contributed by atoms with E-state index in [-0.39, 0.29) is 5.56 Å². The minimum Gasteiger partial charge on any atom is -0.497 e. The highest BCUT2D eigenvalue weighted by atomic mass is 16.5. The molecule has 4 heteroatoms. The van der Waals surface area contributed by atoms with E-state index in [9.17, 15) is 4.79 Å². The van der Waals surface area contributed by atoms with Crippen molar-refractivity contribution in [2.45, 2.75) is 0 Å². The van der Waals surface area contributed by atoms with Gasteiger partial charge in [0.2, 0.25) is 0 Å². The lowest BCUT2D eigenvalue weighted by molar-refractivity contribution is 0.414. The highest BCUT2D eigenvalue weighted by Crippen LogP contribution is 2.22. The van der Waals surface area contributed by atoms with Crippen molar-refractivity contribution < 1.29 is 4.74 Å². The first-order valence-electron chi connectivity index (χ1n) is 7.97. The molecule has 4 nitrogen and oxygen atoms in total. The van der Waals surface area contributed by atoms with Gasteiger partial charge >= 0.3 is 0 Å². The van der Waals surface area contributed by atoms with Gasteiger partial charge in [0.25, 0.3) is 5.56 Å².